The van der Waals surface area contributed by atoms with Crippen molar-refractivity contribution in [2.45, 2.75) is 18.9 Å². The molecule has 2 aromatic heterocycles. The van der Waals surface area contributed by atoms with Gasteiger partial charge in [-0.1, -0.05) is 0 Å². The molecule has 4 nitrogen and oxygen atoms in total. The van der Waals surface area contributed by atoms with Crippen LogP contribution < -0.4 is 5.32 Å². The quantitative estimate of drug-likeness (QED) is 0.868. The summed E-state index contributed by atoms with van der Waals surface area (Å²) >= 11 is 3.32. The Labute approximate surface area is 121 Å². The maximum atomic E-state index is 13.4. The molecule has 1 aliphatic carbocycles. The molecule has 1 amide bonds. The standard InChI is InChI=1S/C13H10BrF2N3O/c14-7-5-10(19(6-7)8-1-2-8)13(20)17-9-3-4-11(15)18-12(9)16/h3-6,8H,1-2H2,(H,17,20). The van der Waals surface area contributed by atoms with Gasteiger partial charge in [0.25, 0.3) is 5.91 Å². The number of carbonyl (C=O) groups is 1. The normalized spacial score (nSPS) is 14.3. The molecule has 0 aliphatic heterocycles. The molecule has 0 atom stereocenters. The average Bonchev–Trinajstić information content (AvgIpc) is 3.16. The molecular formula is C13H10BrF2N3O. The second-order valence-corrected chi connectivity index (χ2v) is 5.52. The predicted molar refractivity (Wildman–Crippen MR) is 72.5 cm³/mol. The van der Waals surface area contributed by atoms with Crippen molar-refractivity contribution in [2.75, 3.05) is 5.32 Å². The van der Waals surface area contributed by atoms with Crippen molar-refractivity contribution < 1.29 is 13.6 Å². The summed E-state index contributed by atoms with van der Waals surface area (Å²) in [4.78, 5) is 15.2. The Morgan fingerprint density at radius 2 is 2.15 bits per heavy atom. The minimum absolute atomic E-state index is 0.143. The van der Waals surface area contributed by atoms with Crippen LogP contribution in [-0.4, -0.2) is 15.5 Å². The topological polar surface area (TPSA) is 46.9 Å². The first kappa shape index (κ1) is 13.2. The van der Waals surface area contributed by atoms with Gasteiger partial charge in [-0.2, -0.15) is 13.8 Å². The van der Waals surface area contributed by atoms with E-state index in [0.717, 1.165) is 29.4 Å². The Morgan fingerprint density at radius 3 is 2.80 bits per heavy atom. The van der Waals surface area contributed by atoms with E-state index in [-0.39, 0.29) is 5.69 Å². The van der Waals surface area contributed by atoms with Crippen LogP contribution >= 0.6 is 15.9 Å². The summed E-state index contributed by atoms with van der Waals surface area (Å²) < 4.78 is 28.8. The van der Waals surface area contributed by atoms with Gasteiger partial charge in [0.15, 0.2) is 0 Å². The first-order valence-corrected chi connectivity index (χ1v) is 6.84. The van der Waals surface area contributed by atoms with Gasteiger partial charge in [-0.05, 0) is 47.0 Å². The fourth-order valence-corrected chi connectivity index (χ4v) is 2.41. The number of halogens is 3. The van der Waals surface area contributed by atoms with E-state index in [9.17, 15) is 13.6 Å². The van der Waals surface area contributed by atoms with Gasteiger partial charge in [-0.3, -0.25) is 4.79 Å². The maximum Gasteiger partial charge on any atom is 0.272 e. The summed E-state index contributed by atoms with van der Waals surface area (Å²) in [5, 5.41) is 2.41. The second kappa shape index (κ2) is 4.97. The summed E-state index contributed by atoms with van der Waals surface area (Å²) in [6.07, 6.45) is 3.87. The Morgan fingerprint density at radius 1 is 1.40 bits per heavy atom. The number of nitrogens with one attached hydrogen (secondary N) is 1. The van der Waals surface area contributed by atoms with Crippen molar-refractivity contribution in [3.63, 3.8) is 0 Å². The third kappa shape index (κ3) is 2.58. The van der Waals surface area contributed by atoms with Crippen LogP contribution in [0.2, 0.25) is 0 Å². The fourth-order valence-electron chi connectivity index (χ4n) is 1.97. The van der Waals surface area contributed by atoms with Crippen molar-refractivity contribution in [1.82, 2.24) is 9.55 Å². The molecule has 0 aromatic carbocycles. The lowest BCUT2D eigenvalue weighted by molar-refractivity contribution is 0.101. The minimum atomic E-state index is -1.04. The molecule has 1 N–H and O–H groups in total. The number of nitrogens with zero attached hydrogens (tertiary/aromatic N) is 2. The molecular weight excluding hydrogens is 332 g/mol. The second-order valence-electron chi connectivity index (χ2n) is 4.61. The van der Waals surface area contributed by atoms with E-state index in [1.807, 2.05) is 10.8 Å². The SMILES string of the molecule is O=C(Nc1ccc(F)nc1F)c1cc(Br)cn1C1CC1. The predicted octanol–water partition coefficient (Wildman–Crippen LogP) is 3.51. The molecule has 3 rings (SSSR count). The first-order chi connectivity index (χ1) is 9.54. The maximum absolute atomic E-state index is 13.4. The van der Waals surface area contributed by atoms with E-state index < -0.39 is 17.8 Å². The van der Waals surface area contributed by atoms with Crippen molar-refractivity contribution in [3.8, 4) is 0 Å². The Bertz CT molecular complexity index is 682. The van der Waals surface area contributed by atoms with Gasteiger partial charge in [-0.25, -0.2) is 0 Å². The highest BCUT2D eigenvalue weighted by Crippen LogP contribution is 2.37. The average molecular weight is 342 g/mol. The highest BCUT2D eigenvalue weighted by atomic mass is 79.9. The van der Waals surface area contributed by atoms with E-state index in [0.29, 0.717) is 11.7 Å². The van der Waals surface area contributed by atoms with Crippen molar-refractivity contribution in [3.05, 3.63) is 46.5 Å². The fraction of sp³-hybridized carbons (Fsp3) is 0.231. The van der Waals surface area contributed by atoms with E-state index in [4.69, 9.17) is 0 Å². The molecule has 1 aliphatic rings. The number of hydrogen-bond acceptors (Lipinski definition) is 2. The number of amides is 1. The highest BCUT2D eigenvalue weighted by Gasteiger charge is 2.28. The summed E-state index contributed by atoms with van der Waals surface area (Å²) in [5.74, 6) is -2.42. The lowest BCUT2D eigenvalue weighted by atomic mass is 10.3. The largest absolute Gasteiger partial charge is 0.339 e. The molecule has 0 unspecified atom stereocenters. The zero-order valence-electron chi connectivity index (χ0n) is 10.2. The van der Waals surface area contributed by atoms with Crippen molar-refractivity contribution >= 4 is 27.5 Å². The zero-order valence-corrected chi connectivity index (χ0v) is 11.8. The summed E-state index contributed by atoms with van der Waals surface area (Å²) in [6.45, 7) is 0. The summed E-state index contributed by atoms with van der Waals surface area (Å²) in [7, 11) is 0. The molecule has 1 fully saturated rings. The Balaban J connectivity index is 1.86. The Kier molecular flexibility index (Phi) is 3.29. The van der Waals surface area contributed by atoms with Gasteiger partial charge >= 0.3 is 0 Å². The molecule has 20 heavy (non-hydrogen) atoms. The monoisotopic (exact) mass is 341 g/mol. The van der Waals surface area contributed by atoms with Crippen LogP contribution in [0.3, 0.4) is 0 Å². The van der Waals surface area contributed by atoms with E-state index in [2.05, 4.69) is 26.2 Å². The van der Waals surface area contributed by atoms with Gasteiger partial charge in [0.05, 0.1) is 5.69 Å². The van der Waals surface area contributed by atoms with Gasteiger partial charge in [0.2, 0.25) is 11.9 Å². The molecule has 0 saturated heterocycles. The summed E-state index contributed by atoms with van der Waals surface area (Å²) in [6, 6.07) is 4.13. The smallest absolute Gasteiger partial charge is 0.272 e. The number of aromatic nitrogens is 2. The van der Waals surface area contributed by atoms with Gasteiger partial charge in [-0.15, -0.1) is 0 Å². The number of hydrogen-bond donors (Lipinski definition) is 1. The molecule has 104 valence electrons. The molecule has 1 saturated carbocycles. The molecule has 0 spiro atoms. The van der Waals surface area contributed by atoms with Crippen LogP contribution in [-0.2, 0) is 0 Å². The van der Waals surface area contributed by atoms with E-state index >= 15 is 0 Å². The van der Waals surface area contributed by atoms with Crippen LogP contribution in [0.1, 0.15) is 29.4 Å². The van der Waals surface area contributed by atoms with Crippen LogP contribution in [0.25, 0.3) is 0 Å². The molecule has 2 aromatic rings. The lowest BCUT2D eigenvalue weighted by Crippen LogP contribution is -2.17. The Hall–Kier alpha value is -1.76. The van der Waals surface area contributed by atoms with E-state index in [1.54, 1.807) is 6.07 Å². The van der Waals surface area contributed by atoms with Gasteiger partial charge in [0, 0.05) is 16.7 Å². The minimum Gasteiger partial charge on any atom is -0.339 e. The van der Waals surface area contributed by atoms with Crippen LogP contribution in [0.4, 0.5) is 14.5 Å². The van der Waals surface area contributed by atoms with Gasteiger partial charge < -0.3 is 9.88 Å². The third-order valence-corrected chi connectivity index (χ3v) is 3.48. The zero-order chi connectivity index (χ0) is 14.3. The number of rotatable bonds is 3. The third-order valence-electron chi connectivity index (χ3n) is 3.05. The van der Waals surface area contributed by atoms with Crippen LogP contribution in [0.15, 0.2) is 28.9 Å². The number of carbonyl (C=O) groups excluding carboxylic acids is 1. The lowest BCUT2D eigenvalue weighted by Gasteiger charge is -2.08. The summed E-state index contributed by atoms with van der Waals surface area (Å²) in [5.41, 5.74) is 0.291. The van der Waals surface area contributed by atoms with Crippen molar-refractivity contribution in [2.24, 2.45) is 0 Å². The van der Waals surface area contributed by atoms with Gasteiger partial charge in [0.1, 0.15) is 5.69 Å². The highest BCUT2D eigenvalue weighted by molar-refractivity contribution is 9.10. The van der Waals surface area contributed by atoms with Crippen LogP contribution in [0, 0.1) is 11.9 Å². The van der Waals surface area contributed by atoms with Crippen molar-refractivity contribution in [1.29, 1.82) is 0 Å². The molecule has 0 radical (unpaired) electrons. The molecule has 7 heteroatoms. The molecule has 0 bridgehead atoms. The molecule has 2 heterocycles. The van der Waals surface area contributed by atoms with E-state index in [1.165, 1.54) is 0 Å². The number of pyridine rings is 1. The first-order valence-electron chi connectivity index (χ1n) is 6.05. The number of anilines is 1. The van der Waals surface area contributed by atoms with Crippen LogP contribution in [0.5, 0.6) is 0 Å².